The first-order chi connectivity index (χ1) is 27.0. The van der Waals surface area contributed by atoms with E-state index in [1.165, 1.54) is 19.4 Å². The Bertz CT molecular complexity index is 2110. The van der Waals surface area contributed by atoms with E-state index in [1.807, 2.05) is 6.92 Å². The van der Waals surface area contributed by atoms with E-state index in [1.54, 1.807) is 29.9 Å². The number of benzene rings is 1. The highest BCUT2D eigenvalue weighted by molar-refractivity contribution is 7.91. The number of hydrogen-bond acceptors (Lipinski definition) is 10. The molecule has 4 aliphatic rings. The summed E-state index contributed by atoms with van der Waals surface area (Å²) in [5, 5.41) is 3.02. The molecule has 58 heavy (non-hydrogen) atoms. The van der Waals surface area contributed by atoms with E-state index in [0.29, 0.717) is 38.5 Å². The summed E-state index contributed by atoms with van der Waals surface area (Å²) in [5.41, 5.74) is -4.78. The molecule has 14 nitrogen and oxygen atoms in total. The SMILES string of the molecule is COc1cc2ccnc(O[C@@H]3C[C@H]4C(=O)N[C@]5(C(=O)NS(=O)(=O)C6(F)CC6)C[C@H]5/C=C\CC[C@@H](C)C[C@@H](C)[C@H](NC(=O)OC(C)(C)C(F)(F)F)C(=O)N4C3)c2cc1F. The van der Waals surface area contributed by atoms with E-state index in [0.717, 1.165) is 11.0 Å². The molecule has 20 heteroatoms. The highest BCUT2D eigenvalue weighted by atomic mass is 32.2. The fourth-order valence-electron chi connectivity index (χ4n) is 7.49. The number of methoxy groups -OCH3 is 1. The normalized spacial score (nSPS) is 29.4. The largest absolute Gasteiger partial charge is 0.494 e. The van der Waals surface area contributed by atoms with E-state index in [2.05, 4.69) is 15.6 Å². The Hall–Kier alpha value is -4.75. The number of alkyl carbamates (subject to hydrolysis) is 1. The van der Waals surface area contributed by atoms with Gasteiger partial charge >= 0.3 is 12.3 Å². The van der Waals surface area contributed by atoms with Gasteiger partial charge in [0.2, 0.25) is 28.3 Å². The van der Waals surface area contributed by atoms with Crippen molar-refractivity contribution in [1.82, 2.24) is 25.2 Å². The molecule has 3 N–H and O–H groups in total. The Morgan fingerprint density at radius 2 is 1.81 bits per heavy atom. The van der Waals surface area contributed by atoms with Gasteiger partial charge in [-0.1, -0.05) is 26.0 Å². The van der Waals surface area contributed by atoms with Crippen molar-refractivity contribution >= 4 is 44.6 Å². The summed E-state index contributed by atoms with van der Waals surface area (Å²) in [6, 6.07) is 1.15. The van der Waals surface area contributed by atoms with Crippen molar-refractivity contribution in [3.8, 4) is 11.6 Å². The van der Waals surface area contributed by atoms with E-state index < -0.39 is 92.0 Å². The molecule has 2 aliphatic carbocycles. The first-order valence-corrected chi connectivity index (χ1v) is 20.4. The molecule has 318 valence electrons. The van der Waals surface area contributed by atoms with E-state index in [4.69, 9.17) is 14.2 Å². The number of aromatic nitrogens is 1. The van der Waals surface area contributed by atoms with Gasteiger partial charge < -0.3 is 29.7 Å². The predicted octanol–water partition coefficient (Wildman–Crippen LogP) is 4.96. The van der Waals surface area contributed by atoms with Gasteiger partial charge in [0.25, 0.3) is 15.9 Å². The lowest BCUT2D eigenvalue weighted by Crippen LogP contribution is -2.59. The molecule has 2 aromatic rings. The minimum atomic E-state index is -4.96. The van der Waals surface area contributed by atoms with Gasteiger partial charge in [-0.25, -0.2) is 31.7 Å². The van der Waals surface area contributed by atoms with Crippen LogP contribution in [-0.4, -0.2) is 96.3 Å². The molecule has 7 atom stereocenters. The number of hydrogen-bond donors (Lipinski definition) is 3. The van der Waals surface area contributed by atoms with Crippen molar-refractivity contribution < 1.29 is 63.8 Å². The van der Waals surface area contributed by atoms with Gasteiger partial charge in [0.1, 0.15) is 23.7 Å². The van der Waals surface area contributed by atoms with Crippen LogP contribution in [0.5, 0.6) is 11.6 Å². The minimum absolute atomic E-state index is 0.0457. The number of fused-ring (bicyclic) bond motifs is 3. The molecule has 0 bridgehead atoms. The topological polar surface area (TPSA) is 182 Å². The van der Waals surface area contributed by atoms with Crippen LogP contribution in [0.25, 0.3) is 10.8 Å². The molecule has 0 unspecified atom stereocenters. The number of nitrogens with zero attached hydrogens (tertiary/aromatic N) is 2. The molecule has 1 saturated heterocycles. The molecule has 1 aromatic heterocycles. The standard InChI is InChI=1S/C38H46F5N5O9S/c1-20-8-6-7-9-23-18-37(23,33(51)47-58(53,54)36(40)11-12-36)46-30(49)27-16-24(56-31-25-17-26(39)28(55-5)15-22(25)10-13-44-31)19-48(27)32(50)29(21(2)14-20)45-34(52)57-35(3,4)38(41,42)43/h7,9-10,13,15,17,20-21,23-24,27,29H,6,8,11-12,14,16,18-19H2,1-5H3,(H,45,52)(H,46,49)(H,47,51)/b9-7-/t20-,21-,23-,24-,27+,29+,37-/m1/s1. The average molecular weight is 844 g/mol. The van der Waals surface area contributed by atoms with Crippen LogP contribution in [0.4, 0.5) is 26.7 Å². The average Bonchev–Trinajstić information content (AvgIpc) is 4.01. The maximum atomic E-state index is 14.9. The van der Waals surface area contributed by atoms with Gasteiger partial charge in [0.15, 0.2) is 11.6 Å². The summed E-state index contributed by atoms with van der Waals surface area (Å²) in [7, 11) is -3.48. The van der Waals surface area contributed by atoms with Gasteiger partial charge in [-0.05, 0) is 75.0 Å². The molecular formula is C38H46F5N5O9S. The Kier molecular flexibility index (Phi) is 11.4. The number of carbonyl (C=O) groups excluding carboxylic acids is 4. The van der Waals surface area contributed by atoms with Crippen LogP contribution in [0.2, 0.25) is 0 Å². The molecule has 6 rings (SSSR count). The summed E-state index contributed by atoms with van der Waals surface area (Å²) >= 11 is 0. The lowest BCUT2D eigenvalue weighted by molar-refractivity contribution is -0.244. The number of halogens is 5. The van der Waals surface area contributed by atoms with Crippen molar-refractivity contribution in [1.29, 1.82) is 0 Å². The summed E-state index contributed by atoms with van der Waals surface area (Å²) in [4.78, 5) is 61.1. The van der Waals surface area contributed by atoms with Crippen LogP contribution in [0.3, 0.4) is 0 Å². The second-order valence-electron chi connectivity index (χ2n) is 16.2. The summed E-state index contributed by atoms with van der Waals surface area (Å²) in [5.74, 6) is -5.34. The predicted molar refractivity (Wildman–Crippen MR) is 197 cm³/mol. The van der Waals surface area contributed by atoms with Crippen LogP contribution in [0.1, 0.15) is 72.6 Å². The van der Waals surface area contributed by atoms with Crippen molar-refractivity contribution in [2.45, 2.75) is 113 Å². The first kappa shape index (κ1) is 42.8. The second-order valence-corrected chi connectivity index (χ2v) is 18.2. The highest BCUT2D eigenvalue weighted by Gasteiger charge is 2.64. The zero-order valence-electron chi connectivity index (χ0n) is 32.5. The van der Waals surface area contributed by atoms with Crippen LogP contribution < -0.4 is 24.8 Å². The Morgan fingerprint density at radius 1 is 1.10 bits per heavy atom. The number of carbonyl (C=O) groups is 4. The Balaban J connectivity index is 1.36. The third kappa shape index (κ3) is 8.52. The molecule has 4 amide bonds. The lowest BCUT2D eigenvalue weighted by atomic mass is 9.88. The van der Waals surface area contributed by atoms with Crippen molar-refractivity contribution in [2.24, 2.45) is 17.8 Å². The number of alkyl halides is 4. The van der Waals surface area contributed by atoms with Gasteiger partial charge in [0, 0.05) is 36.8 Å². The zero-order chi connectivity index (χ0) is 42.6. The molecule has 3 heterocycles. The van der Waals surface area contributed by atoms with Crippen molar-refractivity contribution in [3.63, 3.8) is 0 Å². The van der Waals surface area contributed by atoms with Gasteiger partial charge in [-0.3, -0.25) is 14.4 Å². The van der Waals surface area contributed by atoms with Crippen LogP contribution in [0.15, 0.2) is 36.5 Å². The third-order valence-corrected chi connectivity index (χ3v) is 13.2. The molecule has 0 spiro atoms. The van der Waals surface area contributed by atoms with Crippen LogP contribution in [-0.2, 0) is 29.1 Å². The number of sulfonamides is 1. The number of pyridine rings is 1. The first-order valence-electron chi connectivity index (χ1n) is 18.9. The molecular weight excluding hydrogens is 798 g/mol. The minimum Gasteiger partial charge on any atom is -0.494 e. The molecule has 2 saturated carbocycles. The smallest absolute Gasteiger partial charge is 0.427 e. The number of allylic oxidation sites excluding steroid dienone is 1. The fraction of sp³-hybridized carbons (Fsp3) is 0.605. The van der Waals surface area contributed by atoms with E-state index in [-0.39, 0.29) is 55.2 Å². The van der Waals surface area contributed by atoms with Crippen LogP contribution >= 0.6 is 0 Å². The number of amides is 4. The molecule has 3 fully saturated rings. The monoisotopic (exact) mass is 843 g/mol. The Morgan fingerprint density at radius 3 is 2.47 bits per heavy atom. The van der Waals surface area contributed by atoms with Gasteiger partial charge in [-0.2, -0.15) is 13.2 Å². The van der Waals surface area contributed by atoms with E-state index >= 15 is 0 Å². The summed E-state index contributed by atoms with van der Waals surface area (Å²) in [6.45, 7) is 4.45. The fourth-order valence-corrected chi connectivity index (χ4v) is 8.74. The van der Waals surface area contributed by atoms with E-state index in [9.17, 15) is 49.5 Å². The quantitative estimate of drug-likeness (QED) is 0.243. The molecule has 1 aromatic carbocycles. The second kappa shape index (κ2) is 15.4. The van der Waals surface area contributed by atoms with Crippen molar-refractivity contribution in [3.05, 3.63) is 42.4 Å². The Labute approximate surface area is 331 Å². The lowest BCUT2D eigenvalue weighted by Gasteiger charge is -2.34. The van der Waals surface area contributed by atoms with Gasteiger partial charge in [0.05, 0.1) is 13.7 Å². The van der Waals surface area contributed by atoms with Crippen LogP contribution in [0, 0.1) is 23.6 Å². The maximum absolute atomic E-state index is 14.9. The highest BCUT2D eigenvalue weighted by Crippen LogP contribution is 2.48. The third-order valence-electron chi connectivity index (χ3n) is 11.4. The number of ether oxygens (including phenoxy) is 3. The number of rotatable bonds is 8. The molecule has 0 radical (unpaired) electrons. The maximum Gasteiger partial charge on any atom is 0.427 e. The summed E-state index contributed by atoms with van der Waals surface area (Å²) in [6.07, 6.45) is -2.35. The number of nitrogens with one attached hydrogen (secondary N) is 3. The summed E-state index contributed by atoms with van der Waals surface area (Å²) < 4.78 is 114. The van der Waals surface area contributed by atoms with Gasteiger partial charge in [-0.15, -0.1) is 0 Å². The van der Waals surface area contributed by atoms with Crippen molar-refractivity contribution in [2.75, 3.05) is 13.7 Å². The zero-order valence-corrected chi connectivity index (χ0v) is 33.3. The molecule has 2 aliphatic heterocycles.